The number of rotatable bonds is 9. The molecule has 1 aliphatic heterocycles. The molecule has 5 aliphatic rings. The van der Waals surface area contributed by atoms with E-state index in [4.69, 9.17) is 30.0 Å². The third-order valence-electron chi connectivity index (χ3n) is 16.6. The van der Waals surface area contributed by atoms with Crippen LogP contribution in [0.3, 0.4) is 0 Å². The molecule has 53 heavy (non-hydrogen) atoms. The van der Waals surface area contributed by atoms with E-state index in [1.165, 1.54) is 5.57 Å². The fourth-order valence-electron chi connectivity index (χ4n) is 12.4. The Morgan fingerprint density at radius 1 is 1.09 bits per heavy atom. The molecule has 292 valence electrons. The van der Waals surface area contributed by atoms with E-state index in [9.17, 15) is 9.90 Å². The number of carboxylic acid groups (broad SMARTS) is 1. The molecule has 2 aromatic heterocycles. The van der Waals surface area contributed by atoms with E-state index in [1.807, 2.05) is 6.07 Å². The van der Waals surface area contributed by atoms with Gasteiger partial charge in [0.05, 0.1) is 44.4 Å². The Bertz CT molecular complexity index is 1710. The lowest BCUT2D eigenvalue weighted by molar-refractivity contribution is -0.256. The van der Waals surface area contributed by atoms with Crippen LogP contribution in [-0.4, -0.2) is 73.8 Å². The van der Waals surface area contributed by atoms with Crippen LogP contribution in [-0.2, 0) is 14.2 Å². The molecule has 4 aliphatic carbocycles. The number of aromatic nitrogens is 5. The zero-order valence-electron chi connectivity index (χ0n) is 33.8. The maximum absolute atomic E-state index is 12.5. The molecule has 0 aromatic carbocycles. The van der Waals surface area contributed by atoms with E-state index in [0.717, 1.165) is 49.9 Å². The van der Waals surface area contributed by atoms with E-state index < -0.39 is 17.8 Å². The first kappa shape index (κ1) is 38.4. The van der Waals surface area contributed by atoms with Gasteiger partial charge in [0, 0.05) is 32.8 Å². The number of hydrogen-bond acceptors (Lipinski definition) is 9. The molecule has 3 saturated carbocycles. The number of allylic oxidation sites excluding steroid dienone is 1. The van der Waals surface area contributed by atoms with Crippen molar-refractivity contribution in [1.82, 2.24) is 25.0 Å². The molecular formula is C42H64N6O5. The van der Waals surface area contributed by atoms with Gasteiger partial charge in [-0.15, -0.1) is 0 Å². The van der Waals surface area contributed by atoms with Crippen molar-refractivity contribution < 1.29 is 24.1 Å². The number of nitrogens with two attached hydrogens (primary N) is 1. The Morgan fingerprint density at radius 3 is 2.51 bits per heavy atom. The summed E-state index contributed by atoms with van der Waals surface area (Å²) < 4.78 is 22.1. The maximum atomic E-state index is 12.5. The molecule has 0 spiro atoms. The molecule has 2 bridgehead atoms. The van der Waals surface area contributed by atoms with Gasteiger partial charge >= 0.3 is 6.16 Å². The molecule has 0 unspecified atom stereocenters. The van der Waals surface area contributed by atoms with Crippen LogP contribution in [0.5, 0.6) is 0 Å². The Kier molecular flexibility index (Phi) is 9.50. The highest BCUT2D eigenvalue weighted by Gasteiger charge is 2.72. The zero-order valence-corrected chi connectivity index (χ0v) is 33.8. The number of hydrogen-bond donors (Lipinski definition) is 2. The Labute approximate surface area is 316 Å². The van der Waals surface area contributed by atoms with Crippen LogP contribution in [0.4, 0.5) is 4.79 Å². The summed E-state index contributed by atoms with van der Waals surface area (Å²) in [7, 11) is 0. The highest BCUT2D eigenvalue weighted by molar-refractivity contribution is 5.57. The first-order chi connectivity index (χ1) is 24.9. The number of fused-ring (bicyclic) bond motifs is 3. The third kappa shape index (κ3) is 5.63. The minimum Gasteiger partial charge on any atom is -0.450 e. The van der Waals surface area contributed by atoms with Crippen LogP contribution >= 0.6 is 0 Å². The maximum Gasteiger partial charge on any atom is 0.506 e. The number of nitrogens with zero attached hydrogens (tertiary/aromatic N) is 5. The van der Waals surface area contributed by atoms with Crippen molar-refractivity contribution in [3.8, 4) is 11.4 Å². The van der Waals surface area contributed by atoms with Crippen LogP contribution in [0.2, 0.25) is 0 Å². The van der Waals surface area contributed by atoms with E-state index in [1.54, 1.807) is 18.7 Å². The summed E-state index contributed by atoms with van der Waals surface area (Å²) in [5.41, 5.74) is 7.35. The predicted octanol–water partition coefficient (Wildman–Crippen LogP) is 7.99. The second kappa shape index (κ2) is 13.1. The van der Waals surface area contributed by atoms with E-state index in [0.29, 0.717) is 37.6 Å². The predicted molar refractivity (Wildman–Crippen MR) is 203 cm³/mol. The molecule has 0 amide bonds. The molecular weight excluding hydrogens is 668 g/mol. The van der Waals surface area contributed by atoms with Gasteiger partial charge in [-0.25, -0.2) is 14.5 Å². The second-order valence-corrected chi connectivity index (χ2v) is 19.7. The van der Waals surface area contributed by atoms with E-state index >= 15 is 0 Å². The van der Waals surface area contributed by atoms with Gasteiger partial charge in [-0.2, -0.15) is 15.3 Å². The molecule has 2 aromatic rings. The number of ether oxygens (including phenoxy) is 3. The minimum atomic E-state index is -1.17. The average molecular weight is 733 g/mol. The second-order valence-electron chi connectivity index (χ2n) is 19.7. The minimum absolute atomic E-state index is 0.140. The number of carbonyl (C=O) groups is 1. The Hall–Kier alpha value is -2.89. The Morgan fingerprint density at radius 2 is 1.85 bits per heavy atom. The average Bonchev–Trinajstić information content (AvgIpc) is 3.60. The van der Waals surface area contributed by atoms with Crippen molar-refractivity contribution in [3.05, 3.63) is 36.4 Å². The van der Waals surface area contributed by atoms with Crippen LogP contribution in [0.1, 0.15) is 114 Å². The highest BCUT2D eigenvalue weighted by atomic mass is 16.7. The van der Waals surface area contributed by atoms with Crippen LogP contribution in [0, 0.1) is 56.7 Å². The van der Waals surface area contributed by atoms with Crippen molar-refractivity contribution in [2.75, 3.05) is 19.8 Å². The topological polar surface area (TPSA) is 148 Å². The summed E-state index contributed by atoms with van der Waals surface area (Å²) in [6, 6.07) is 1.79. The lowest BCUT2D eigenvalue weighted by Crippen LogP contribution is -2.70. The van der Waals surface area contributed by atoms with E-state index in [2.05, 4.69) is 90.2 Å². The summed E-state index contributed by atoms with van der Waals surface area (Å²) in [5.74, 6) is 2.30. The quantitative estimate of drug-likeness (QED) is 0.192. The third-order valence-corrected chi connectivity index (χ3v) is 16.6. The van der Waals surface area contributed by atoms with Crippen LogP contribution < -0.4 is 5.73 Å². The SMILES string of the molecule is CC(C)[C@@H](C)[C@@]1(C)CC[C@]2(C)[C@H]3CC[C@@H]4[C@@]5(COC[C@@]4(C)[C@@H](OC[C@](C)(N)C(C)C)[C@H](n4ncnc4-c4ccnnc4)C5)C3=CC[C@]2(C)[C@@H]1OC(=O)O. The van der Waals surface area contributed by atoms with Crippen molar-refractivity contribution in [3.63, 3.8) is 0 Å². The lowest BCUT2D eigenvalue weighted by Gasteiger charge is -2.71. The van der Waals surface area contributed by atoms with Crippen molar-refractivity contribution in [2.45, 2.75) is 132 Å². The first-order valence-electron chi connectivity index (χ1n) is 20.1. The summed E-state index contributed by atoms with van der Waals surface area (Å²) in [6.45, 7) is 24.3. The summed E-state index contributed by atoms with van der Waals surface area (Å²) >= 11 is 0. The van der Waals surface area contributed by atoms with Gasteiger partial charge in [0.2, 0.25) is 0 Å². The van der Waals surface area contributed by atoms with E-state index in [-0.39, 0.29) is 51.1 Å². The normalized spacial score (nSPS) is 41.1. The van der Waals surface area contributed by atoms with Crippen LogP contribution in [0.25, 0.3) is 11.4 Å². The van der Waals surface area contributed by atoms with Gasteiger partial charge in [0.1, 0.15) is 12.4 Å². The van der Waals surface area contributed by atoms with Crippen LogP contribution in [0.15, 0.2) is 36.4 Å². The summed E-state index contributed by atoms with van der Waals surface area (Å²) in [4.78, 5) is 17.3. The Balaban J connectivity index is 1.35. The lowest BCUT2D eigenvalue weighted by atomic mass is 9.35. The fraction of sp³-hybridized carbons (Fsp3) is 0.786. The molecule has 11 nitrogen and oxygen atoms in total. The van der Waals surface area contributed by atoms with Crippen molar-refractivity contribution in [1.29, 1.82) is 0 Å². The molecule has 0 radical (unpaired) electrons. The molecule has 3 heterocycles. The van der Waals surface area contributed by atoms with Gasteiger partial charge in [-0.3, -0.25) is 0 Å². The fourth-order valence-corrected chi connectivity index (χ4v) is 12.4. The first-order valence-corrected chi connectivity index (χ1v) is 20.1. The largest absolute Gasteiger partial charge is 0.506 e. The van der Waals surface area contributed by atoms with Crippen molar-refractivity contribution >= 4 is 6.16 Å². The van der Waals surface area contributed by atoms with Gasteiger partial charge in [0.25, 0.3) is 0 Å². The molecule has 11 heteroatoms. The van der Waals surface area contributed by atoms with Gasteiger partial charge in [-0.05, 0) is 86.5 Å². The molecule has 12 atom stereocenters. The van der Waals surface area contributed by atoms with Gasteiger partial charge < -0.3 is 25.1 Å². The van der Waals surface area contributed by atoms with Crippen molar-refractivity contribution in [2.24, 2.45) is 62.4 Å². The smallest absolute Gasteiger partial charge is 0.450 e. The van der Waals surface area contributed by atoms with Gasteiger partial charge in [-0.1, -0.05) is 74.0 Å². The molecule has 3 N–H and O–H groups in total. The standard InChI is InChI=1S/C42H64N6O5/c1-25(2)27(5)37(6)16-17-39(8)29-11-12-32-38(7)21-51-23-42(32,30(29)13-15-40(39,9)35(37)53-36(49)50)19-31(33(38)52-22-41(10,43)26(3)4)48-34(44-24-47-48)28-14-18-45-46-20-28/h13-14,18,20,24-27,29,31-33,35H,11-12,15-17,19,21-23,43H2,1-10H3,(H,49,50)/t27-,29+,31-,32+,33+,35-,37-,38-,39-,40-,41+,42+/m1/s1. The monoisotopic (exact) mass is 732 g/mol. The highest BCUT2D eigenvalue weighted by Crippen LogP contribution is 2.74. The summed E-state index contributed by atoms with van der Waals surface area (Å²) in [5, 5.41) is 23.3. The molecule has 7 rings (SSSR count). The zero-order chi connectivity index (χ0) is 38.4. The molecule has 1 saturated heterocycles. The van der Waals surface area contributed by atoms with Gasteiger partial charge in [0.15, 0.2) is 5.82 Å². The molecule has 4 fully saturated rings. The summed E-state index contributed by atoms with van der Waals surface area (Å²) in [6.07, 6.45) is 11.4.